The normalized spacial score (nSPS) is 11.7. The van der Waals surface area contributed by atoms with Crippen LogP contribution in [0.1, 0.15) is 36.5 Å². The van der Waals surface area contributed by atoms with Crippen LogP contribution in [0, 0.1) is 12.8 Å². The molecule has 1 amide bonds. The topological polar surface area (TPSA) is 105 Å². The van der Waals surface area contributed by atoms with Crippen LogP contribution in [-0.2, 0) is 0 Å². The number of carbonyl (C=O) groups excluding carboxylic acids is 1. The van der Waals surface area contributed by atoms with Crippen LogP contribution in [0.5, 0.6) is 0 Å². The fraction of sp³-hybridized carbons (Fsp3) is 0.538. The van der Waals surface area contributed by atoms with Gasteiger partial charge >= 0.3 is 0 Å². The summed E-state index contributed by atoms with van der Waals surface area (Å²) in [6.45, 7) is 6.80. The minimum Gasteiger partial charge on any atom is -0.409 e. The van der Waals surface area contributed by atoms with Crippen LogP contribution in [0.25, 0.3) is 0 Å². The number of aromatic nitrogens is 2. The molecule has 0 aliphatic rings. The monoisotopic (exact) mass is 279 g/mol. The van der Waals surface area contributed by atoms with Crippen molar-refractivity contribution in [2.24, 2.45) is 16.8 Å². The number of aryl methyl sites for hydroxylation is 1. The maximum Gasteiger partial charge on any atom is 0.274 e. The number of nitrogens with zero attached hydrogens (tertiary/aromatic N) is 4. The Balaban J connectivity index is 2.80. The maximum atomic E-state index is 12.4. The lowest BCUT2D eigenvalue weighted by atomic mass is 10.2. The average molecular weight is 279 g/mol. The number of rotatable bonds is 6. The molecule has 1 aromatic rings. The van der Waals surface area contributed by atoms with Gasteiger partial charge in [0.05, 0.1) is 11.9 Å². The van der Waals surface area contributed by atoms with Gasteiger partial charge in [-0.05, 0) is 12.8 Å². The number of hydrogen-bond acceptors (Lipinski definition) is 5. The second kappa shape index (κ2) is 7.42. The minimum atomic E-state index is -0.197. The predicted molar refractivity (Wildman–Crippen MR) is 75.5 cm³/mol. The first-order valence-corrected chi connectivity index (χ1v) is 6.48. The number of oxime groups is 1. The summed E-state index contributed by atoms with van der Waals surface area (Å²) < 4.78 is 0. The van der Waals surface area contributed by atoms with E-state index in [9.17, 15) is 4.79 Å². The van der Waals surface area contributed by atoms with E-state index in [4.69, 9.17) is 10.9 Å². The second-order valence-corrected chi connectivity index (χ2v) is 5.03. The molecule has 7 heteroatoms. The van der Waals surface area contributed by atoms with Gasteiger partial charge in [-0.1, -0.05) is 19.0 Å². The summed E-state index contributed by atoms with van der Waals surface area (Å²) in [6.07, 6.45) is 3.34. The molecule has 0 fully saturated rings. The Morgan fingerprint density at radius 3 is 2.65 bits per heavy atom. The van der Waals surface area contributed by atoms with Crippen LogP contribution in [0.3, 0.4) is 0 Å². The second-order valence-electron chi connectivity index (χ2n) is 5.03. The average Bonchev–Trinajstić information content (AvgIpc) is 2.42. The molecule has 0 unspecified atom stereocenters. The number of nitrogens with two attached hydrogens (primary N) is 1. The first kappa shape index (κ1) is 15.9. The van der Waals surface area contributed by atoms with E-state index in [0.717, 1.165) is 5.69 Å². The molecule has 0 bridgehead atoms. The maximum absolute atomic E-state index is 12.4. The van der Waals surface area contributed by atoms with Crippen LogP contribution in [0.4, 0.5) is 0 Å². The molecule has 3 N–H and O–H groups in total. The smallest absolute Gasteiger partial charge is 0.274 e. The predicted octanol–water partition coefficient (Wildman–Crippen LogP) is 1.02. The third-order valence-electron chi connectivity index (χ3n) is 2.64. The van der Waals surface area contributed by atoms with Crippen molar-refractivity contribution in [2.45, 2.75) is 27.2 Å². The molecule has 0 atom stereocenters. The molecule has 20 heavy (non-hydrogen) atoms. The van der Waals surface area contributed by atoms with E-state index in [-0.39, 0.29) is 11.7 Å². The zero-order chi connectivity index (χ0) is 15.1. The van der Waals surface area contributed by atoms with Crippen LogP contribution in [0.2, 0.25) is 0 Å². The number of carbonyl (C=O) groups is 1. The molecule has 0 saturated heterocycles. The summed E-state index contributed by atoms with van der Waals surface area (Å²) in [4.78, 5) is 22.2. The van der Waals surface area contributed by atoms with Gasteiger partial charge in [-0.2, -0.15) is 0 Å². The number of amidine groups is 1. The van der Waals surface area contributed by atoms with Crippen molar-refractivity contribution in [1.29, 1.82) is 0 Å². The Bertz CT molecular complexity index is 470. The van der Waals surface area contributed by atoms with E-state index in [2.05, 4.69) is 15.1 Å². The van der Waals surface area contributed by atoms with Crippen molar-refractivity contribution in [3.05, 3.63) is 23.8 Å². The van der Waals surface area contributed by atoms with E-state index in [1.807, 2.05) is 20.8 Å². The van der Waals surface area contributed by atoms with Gasteiger partial charge in [0.2, 0.25) is 0 Å². The molecule has 110 valence electrons. The molecule has 0 aliphatic carbocycles. The van der Waals surface area contributed by atoms with Crippen molar-refractivity contribution in [3.8, 4) is 0 Å². The lowest BCUT2D eigenvalue weighted by Crippen LogP contribution is -2.37. The summed E-state index contributed by atoms with van der Waals surface area (Å²) in [6, 6.07) is 0. The van der Waals surface area contributed by atoms with Gasteiger partial charge in [-0.3, -0.25) is 9.78 Å². The molecule has 1 aromatic heterocycles. The van der Waals surface area contributed by atoms with Gasteiger partial charge < -0.3 is 15.8 Å². The van der Waals surface area contributed by atoms with Gasteiger partial charge in [-0.25, -0.2) is 4.98 Å². The zero-order valence-electron chi connectivity index (χ0n) is 12.1. The Hall–Kier alpha value is -2.18. The first-order chi connectivity index (χ1) is 9.43. The Labute approximate surface area is 118 Å². The summed E-state index contributed by atoms with van der Waals surface area (Å²) >= 11 is 0. The van der Waals surface area contributed by atoms with Crippen LogP contribution in [-0.4, -0.2) is 44.9 Å². The highest BCUT2D eigenvalue weighted by atomic mass is 16.4. The molecule has 7 nitrogen and oxygen atoms in total. The minimum absolute atomic E-state index is 0.0987. The van der Waals surface area contributed by atoms with E-state index in [0.29, 0.717) is 31.1 Å². The number of hydrogen-bond donors (Lipinski definition) is 2. The summed E-state index contributed by atoms with van der Waals surface area (Å²) in [5.41, 5.74) is 6.50. The van der Waals surface area contributed by atoms with Gasteiger partial charge in [0.15, 0.2) is 0 Å². The SMILES string of the molecule is Cc1cnc(C(=O)N(CCC(N)=NO)CC(C)C)cn1. The van der Waals surface area contributed by atoms with Crippen molar-refractivity contribution in [2.75, 3.05) is 13.1 Å². The molecule has 0 radical (unpaired) electrons. The largest absolute Gasteiger partial charge is 0.409 e. The van der Waals surface area contributed by atoms with Crippen molar-refractivity contribution < 1.29 is 10.0 Å². The highest BCUT2D eigenvalue weighted by Gasteiger charge is 2.18. The summed E-state index contributed by atoms with van der Waals surface area (Å²) in [7, 11) is 0. The zero-order valence-corrected chi connectivity index (χ0v) is 12.1. The first-order valence-electron chi connectivity index (χ1n) is 6.48. The number of amides is 1. The van der Waals surface area contributed by atoms with Gasteiger partial charge in [-0.15, -0.1) is 0 Å². The fourth-order valence-corrected chi connectivity index (χ4v) is 1.68. The Morgan fingerprint density at radius 1 is 1.45 bits per heavy atom. The van der Waals surface area contributed by atoms with Gasteiger partial charge in [0.1, 0.15) is 11.5 Å². The van der Waals surface area contributed by atoms with Crippen LogP contribution in [0.15, 0.2) is 17.5 Å². The lowest BCUT2D eigenvalue weighted by molar-refractivity contribution is 0.0734. The molecule has 1 heterocycles. The molecule has 1 rings (SSSR count). The van der Waals surface area contributed by atoms with Crippen molar-refractivity contribution in [1.82, 2.24) is 14.9 Å². The fourth-order valence-electron chi connectivity index (χ4n) is 1.68. The Kier molecular flexibility index (Phi) is 5.89. The highest BCUT2D eigenvalue weighted by molar-refractivity contribution is 5.92. The molecule has 0 aromatic carbocycles. The van der Waals surface area contributed by atoms with E-state index < -0.39 is 0 Å². The quantitative estimate of drug-likeness (QED) is 0.350. The van der Waals surface area contributed by atoms with Crippen LogP contribution >= 0.6 is 0 Å². The van der Waals surface area contributed by atoms with Gasteiger partial charge in [0, 0.05) is 25.7 Å². The highest BCUT2D eigenvalue weighted by Crippen LogP contribution is 2.06. The van der Waals surface area contributed by atoms with E-state index >= 15 is 0 Å². The molecular weight excluding hydrogens is 258 g/mol. The lowest BCUT2D eigenvalue weighted by Gasteiger charge is -2.24. The summed E-state index contributed by atoms with van der Waals surface area (Å²) in [5.74, 6) is 0.211. The standard InChI is InChI=1S/C13H21N5O2/c1-9(2)8-18(5-4-12(14)17-20)13(19)11-7-15-10(3)6-16-11/h6-7,9,20H,4-5,8H2,1-3H3,(H2,14,17). The molecule has 0 aliphatic heterocycles. The van der Waals surface area contributed by atoms with E-state index in [1.165, 1.54) is 6.20 Å². The molecular formula is C13H21N5O2. The van der Waals surface area contributed by atoms with Gasteiger partial charge in [0.25, 0.3) is 5.91 Å². The molecule has 0 spiro atoms. The van der Waals surface area contributed by atoms with Crippen LogP contribution < -0.4 is 5.73 Å². The van der Waals surface area contributed by atoms with Crippen molar-refractivity contribution >= 4 is 11.7 Å². The van der Waals surface area contributed by atoms with E-state index in [1.54, 1.807) is 11.1 Å². The third kappa shape index (κ3) is 4.83. The third-order valence-corrected chi connectivity index (χ3v) is 2.64. The Morgan fingerprint density at radius 2 is 2.15 bits per heavy atom. The summed E-state index contributed by atoms with van der Waals surface area (Å²) in [5, 5.41) is 11.5. The van der Waals surface area contributed by atoms with Crippen molar-refractivity contribution in [3.63, 3.8) is 0 Å². The molecule has 0 saturated carbocycles.